The van der Waals surface area contributed by atoms with Gasteiger partial charge in [-0.1, -0.05) is 48.5 Å². The summed E-state index contributed by atoms with van der Waals surface area (Å²) in [6, 6.07) is 17.7. The lowest BCUT2D eigenvalue weighted by Gasteiger charge is -2.40. The number of para-hydroxylation sites is 1. The van der Waals surface area contributed by atoms with E-state index in [1.54, 1.807) is 6.92 Å². The minimum atomic E-state index is -1.27. The van der Waals surface area contributed by atoms with E-state index >= 15 is 0 Å². The lowest BCUT2D eigenvalue weighted by molar-refractivity contribution is -0.144. The highest BCUT2D eigenvalue weighted by molar-refractivity contribution is 5.88. The van der Waals surface area contributed by atoms with Crippen LogP contribution in [0, 0.1) is 0 Å². The first-order valence-corrected chi connectivity index (χ1v) is 8.19. The van der Waals surface area contributed by atoms with Crippen molar-refractivity contribution < 1.29 is 14.6 Å². The van der Waals surface area contributed by atoms with Crippen LogP contribution in [0.1, 0.15) is 30.5 Å². The predicted molar refractivity (Wildman–Crippen MR) is 92.8 cm³/mol. The minimum Gasteiger partial charge on any atom is -0.489 e. The van der Waals surface area contributed by atoms with Crippen LogP contribution in [0.15, 0.2) is 54.6 Å². The van der Waals surface area contributed by atoms with E-state index < -0.39 is 5.60 Å². The second-order valence-electron chi connectivity index (χ2n) is 6.64. The summed E-state index contributed by atoms with van der Waals surface area (Å²) in [6.45, 7) is 2.39. The van der Waals surface area contributed by atoms with Crippen molar-refractivity contribution in [3.63, 3.8) is 0 Å². The molecule has 2 aromatic carbocycles. The first-order chi connectivity index (χ1) is 11.5. The van der Waals surface area contributed by atoms with Gasteiger partial charge in [-0.15, -0.1) is 0 Å². The second kappa shape index (κ2) is 6.75. The molecule has 1 heterocycles. The molecule has 4 nitrogen and oxygen atoms in total. The summed E-state index contributed by atoms with van der Waals surface area (Å²) in [5.74, 6) is 0.663. The van der Waals surface area contributed by atoms with Crippen molar-refractivity contribution in [2.45, 2.75) is 31.6 Å². The van der Waals surface area contributed by atoms with Crippen LogP contribution in [0.3, 0.4) is 0 Å². The minimum absolute atomic E-state index is 0.0790. The Morgan fingerprint density at radius 2 is 1.83 bits per heavy atom. The Balaban J connectivity index is 1.80. The molecule has 0 radical (unpaired) electrons. The number of likely N-dealkylation sites (tertiary alicyclic amines) is 1. The zero-order valence-electron chi connectivity index (χ0n) is 14.1. The van der Waals surface area contributed by atoms with Crippen LogP contribution in [-0.4, -0.2) is 35.0 Å². The van der Waals surface area contributed by atoms with Crippen LogP contribution < -0.4 is 4.74 Å². The largest absolute Gasteiger partial charge is 0.489 e. The monoisotopic (exact) mass is 325 g/mol. The van der Waals surface area contributed by atoms with Crippen LogP contribution in [0.25, 0.3) is 0 Å². The summed E-state index contributed by atoms with van der Waals surface area (Å²) in [5, 5.41) is 10.2. The summed E-state index contributed by atoms with van der Waals surface area (Å²) in [6.07, 6.45) is 0.287. The van der Waals surface area contributed by atoms with Crippen LogP contribution in [0.5, 0.6) is 5.75 Å². The average Bonchev–Trinajstić information content (AvgIpc) is 2.57. The maximum atomic E-state index is 12.2. The molecule has 2 atom stereocenters. The summed E-state index contributed by atoms with van der Waals surface area (Å²) in [5.41, 5.74) is 0.813. The standard InChI is InChI=1S/C20H23NO3/c1-20(23)14-21(2)17(12-19(20)22)16-10-6-7-11-18(16)24-13-15-8-4-3-5-9-15/h3-11,17,23H,12-14H2,1-2H3. The second-order valence-corrected chi connectivity index (χ2v) is 6.64. The quantitative estimate of drug-likeness (QED) is 0.939. The molecule has 0 aromatic heterocycles. The molecule has 1 fully saturated rings. The summed E-state index contributed by atoms with van der Waals surface area (Å²) in [7, 11) is 1.93. The Labute approximate surface area is 142 Å². The Bertz CT molecular complexity index is 712. The normalized spacial score (nSPS) is 24.8. The lowest BCUT2D eigenvalue weighted by Crippen LogP contribution is -2.52. The van der Waals surface area contributed by atoms with Gasteiger partial charge in [-0.05, 0) is 25.6 Å². The summed E-state index contributed by atoms with van der Waals surface area (Å²) < 4.78 is 6.01. The van der Waals surface area contributed by atoms with Gasteiger partial charge in [0.25, 0.3) is 0 Å². The van der Waals surface area contributed by atoms with Crippen molar-refractivity contribution in [3.8, 4) is 5.75 Å². The molecule has 4 heteroatoms. The van der Waals surface area contributed by atoms with E-state index in [-0.39, 0.29) is 18.2 Å². The molecular formula is C20H23NO3. The van der Waals surface area contributed by atoms with Gasteiger partial charge >= 0.3 is 0 Å². The van der Waals surface area contributed by atoms with Gasteiger partial charge in [0, 0.05) is 24.6 Å². The molecule has 24 heavy (non-hydrogen) atoms. The van der Waals surface area contributed by atoms with E-state index in [1.807, 2.05) is 66.5 Å². The summed E-state index contributed by atoms with van der Waals surface area (Å²) >= 11 is 0. The van der Waals surface area contributed by atoms with Crippen molar-refractivity contribution in [3.05, 3.63) is 65.7 Å². The molecule has 1 aliphatic rings. The van der Waals surface area contributed by atoms with E-state index in [4.69, 9.17) is 4.74 Å². The third-order valence-electron chi connectivity index (χ3n) is 4.58. The number of hydrogen-bond acceptors (Lipinski definition) is 4. The average molecular weight is 325 g/mol. The molecule has 0 bridgehead atoms. The molecule has 0 saturated carbocycles. The number of likely N-dealkylation sites (N-methyl/N-ethyl adjacent to an activating group) is 1. The first-order valence-electron chi connectivity index (χ1n) is 8.19. The van der Waals surface area contributed by atoms with Crippen LogP contribution in [-0.2, 0) is 11.4 Å². The van der Waals surface area contributed by atoms with Gasteiger partial charge in [0.2, 0.25) is 0 Å². The van der Waals surface area contributed by atoms with Gasteiger partial charge < -0.3 is 9.84 Å². The number of nitrogens with zero attached hydrogens (tertiary/aromatic N) is 1. The fourth-order valence-electron chi connectivity index (χ4n) is 3.21. The molecule has 126 valence electrons. The number of piperidine rings is 1. The fourth-order valence-corrected chi connectivity index (χ4v) is 3.21. The number of ether oxygens (including phenoxy) is 1. The van der Waals surface area contributed by atoms with Crippen LogP contribution in [0.2, 0.25) is 0 Å². The number of benzene rings is 2. The smallest absolute Gasteiger partial charge is 0.167 e. The molecule has 3 rings (SSSR count). The van der Waals surface area contributed by atoms with Gasteiger partial charge in [0.15, 0.2) is 5.78 Å². The SMILES string of the molecule is CN1CC(C)(O)C(=O)CC1c1ccccc1OCc1ccccc1. The third-order valence-corrected chi connectivity index (χ3v) is 4.58. The number of ketones is 1. The molecule has 2 aromatic rings. The number of hydrogen-bond donors (Lipinski definition) is 1. The van der Waals surface area contributed by atoms with E-state index in [0.717, 1.165) is 16.9 Å². The topological polar surface area (TPSA) is 49.8 Å². The Morgan fingerprint density at radius 1 is 1.17 bits per heavy atom. The van der Waals surface area contributed by atoms with Crippen molar-refractivity contribution in [1.29, 1.82) is 0 Å². The number of carbonyl (C=O) groups excluding carboxylic acids is 1. The number of rotatable bonds is 4. The van der Waals surface area contributed by atoms with E-state index in [9.17, 15) is 9.90 Å². The van der Waals surface area contributed by atoms with E-state index in [2.05, 4.69) is 0 Å². The van der Waals surface area contributed by atoms with Crippen LogP contribution >= 0.6 is 0 Å². The molecule has 1 saturated heterocycles. The van der Waals surface area contributed by atoms with Crippen molar-refractivity contribution >= 4 is 5.78 Å². The number of aliphatic hydroxyl groups is 1. The molecule has 0 spiro atoms. The van der Waals surface area contributed by atoms with Crippen molar-refractivity contribution in [1.82, 2.24) is 4.90 Å². The Morgan fingerprint density at radius 3 is 2.58 bits per heavy atom. The molecule has 0 amide bonds. The highest BCUT2D eigenvalue weighted by Gasteiger charge is 2.41. The highest BCUT2D eigenvalue weighted by atomic mass is 16.5. The lowest BCUT2D eigenvalue weighted by atomic mass is 9.86. The summed E-state index contributed by atoms with van der Waals surface area (Å²) in [4.78, 5) is 14.2. The number of Topliss-reactive ketones (excluding diaryl/α,β-unsaturated/α-hetero) is 1. The van der Waals surface area contributed by atoms with E-state index in [0.29, 0.717) is 13.2 Å². The van der Waals surface area contributed by atoms with E-state index in [1.165, 1.54) is 0 Å². The molecule has 0 aliphatic carbocycles. The number of β-amino-alcohol motifs (C(OH)–C–C–N with tert-alkyl or cyclic N) is 1. The maximum Gasteiger partial charge on any atom is 0.167 e. The van der Waals surface area contributed by atoms with Gasteiger partial charge in [0.1, 0.15) is 18.0 Å². The molecule has 2 unspecified atom stereocenters. The predicted octanol–water partition coefficient (Wildman–Crippen LogP) is 2.96. The van der Waals surface area contributed by atoms with Gasteiger partial charge in [-0.3, -0.25) is 9.69 Å². The van der Waals surface area contributed by atoms with Crippen molar-refractivity contribution in [2.75, 3.05) is 13.6 Å². The van der Waals surface area contributed by atoms with Crippen LogP contribution in [0.4, 0.5) is 0 Å². The zero-order chi connectivity index (χ0) is 17.2. The maximum absolute atomic E-state index is 12.2. The Kier molecular flexibility index (Phi) is 4.69. The van der Waals surface area contributed by atoms with Gasteiger partial charge in [0.05, 0.1) is 0 Å². The molecule has 1 N–H and O–H groups in total. The zero-order valence-corrected chi connectivity index (χ0v) is 14.1. The van der Waals surface area contributed by atoms with Gasteiger partial charge in [-0.25, -0.2) is 0 Å². The first kappa shape index (κ1) is 16.7. The van der Waals surface area contributed by atoms with Gasteiger partial charge in [-0.2, -0.15) is 0 Å². The van der Waals surface area contributed by atoms with Crippen molar-refractivity contribution in [2.24, 2.45) is 0 Å². The molecule has 1 aliphatic heterocycles. The molecular weight excluding hydrogens is 302 g/mol. The number of carbonyl (C=O) groups is 1. The fraction of sp³-hybridized carbons (Fsp3) is 0.350. The Hall–Kier alpha value is -2.17. The highest BCUT2D eigenvalue weighted by Crippen LogP contribution is 2.36. The third kappa shape index (κ3) is 3.50.